The quantitative estimate of drug-likeness (QED) is 0.544. The van der Waals surface area contributed by atoms with Crippen LogP contribution in [0.2, 0.25) is 0 Å². The topological polar surface area (TPSA) is 35.5 Å². The molecule has 58 valence electrons. The van der Waals surface area contributed by atoms with Crippen LogP contribution in [-0.4, -0.2) is 24.3 Å². The number of rotatable bonds is 1. The molecule has 0 saturated carbocycles. The molecule has 0 radical (unpaired) electrons. The molecule has 0 aromatic carbocycles. The van der Waals surface area contributed by atoms with Crippen molar-refractivity contribution in [1.29, 1.82) is 0 Å². The fraction of sp³-hybridized carbons (Fsp3) is 0.857. The summed E-state index contributed by atoms with van der Waals surface area (Å²) in [5.41, 5.74) is 0. The monoisotopic (exact) mass is 144 g/mol. The molecule has 1 aliphatic heterocycles. The number of carbonyl (C=O) groups excluding carboxylic acids is 1. The van der Waals surface area contributed by atoms with Crippen LogP contribution < -0.4 is 0 Å². The highest BCUT2D eigenvalue weighted by atomic mass is 16.7. The lowest BCUT2D eigenvalue weighted by atomic mass is 10.2. The number of carbonyl (C=O) groups is 1. The molecule has 0 aromatic rings. The van der Waals surface area contributed by atoms with Crippen molar-refractivity contribution in [3.05, 3.63) is 0 Å². The Morgan fingerprint density at radius 3 is 2.50 bits per heavy atom. The molecule has 1 saturated heterocycles. The van der Waals surface area contributed by atoms with Crippen LogP contribution in [-0.2, 0) is 14.3 Å². The van der Waals surface area contributed by atoms with E-state index in [0.717, 1.165) is 0 Å². The molecule has 1 heterocycles. The van der Waals surface area contributed by atoms with Gasteiger partial charge in [-0.25, -0.2) is 0 Å². The molecule has 0 aliphatic carbocycles. The summed E-state index contributed by atoms with van der Waals surface area (Å²) in [6.45, 7) is 5.52. The van der Waals surface area contributed by atoms with Crippen molar-refractivity contribution in [3.63, 3.8) is 0 Å². The Balaban J connectivity index is 2.63. The molecule has 1 rings (SSSR count). The van der Waals surface area contributed by atoms with E-state index in [1.807, 2.05) is 6.92 Å². The maximum Gasteiger partial charge on any atom is 0.226 e. The maximum absolute atomic E-state index is 10.9. The Bertz CT molecular complexity index is 155. The van der Waals surface area contributed by atoms with Gasteiger partial charge in [-0.2, -0.15) is 0 Å². The van der Waals surface area contributed by atoms with Gasteiger partial charge in [0.05, 0.1) is 12.7 Å². The zero-order chi connectivity index (χ0) is 7.78. The average molecular weight is 144 g/mol. The first-order valence-electron chi connectivity index (χ1n) is 3.37. The highest BCUT2D eigenvalue weighted by Crippen LogP contribution is 2.23. The van der Waals surface area contributed by atoms with Crippen LogP contribution in [0, 0.1) is 0 Å². The van der Waals surface area contributed by atoms with Crippen molar-refractivity contribution in [1.82, 2.24) is 0 Å². The summed E-state index contributed by atoms with van der Waals surface area (Å²) in [6.07, 6.45) is 0.0360. The van der Waals surface area contributed by atoms with Crippen LogP contribution in [0.1, 0.15) is 20.8 Å². The molecule has 0 bridgehead atoms. The Morgan fingerprint density at radius 1 is 1.70 bits per heavy atom. The average Bonchev–Trinajstić information content (AvgIpc) is 2.13. The molecular weight excluding hydrogens is 132 g/mol. The third-order valence-electron chi connectivity index (χ3n) is 1.66. The second-order valence-corrected chi connectivity index (χ2v) is 2.74. The van der Waals surface area contributed by atoms with E-state index in [1.54, 1.807) is 6.92 Å². The van der Waals surface area contributed by atoms with E-state index in [4.69, 9.17) is 9.47 Å². The van der Waals surface area contributed by atoms with Gasteiger partial charge in [0.2, 0.25) is 5.79 Å². The van der Waals surface area contributed by atoms with Crippen LogP contribution in [0.5, 0.6) is 0 Å². The van der Waals surface area contributed by atoms with E-state index in [-0.39, 0.29) is 11.9 Å². The number of ketones is 1. The number of Topliss-reactive ketones (excluding diaryl/α,β-unsaturated/α-hetero) is 1. The standard InChI is InChI=1S/C7H12O3/c1-5-4-9-7(3,10-5)6(2)8/h5H,4H2,1-3H3. The Labute approximate surface area is 60.3 Å². The van der Waals surface area contributed by atoms with Crippen LogP contribution in [0.3, 0.4) is 0 Å². The second kappa shape index (κ2) is 2.32. The van der Waals surface area contributed by atoms with E-state index in [2.05, 4.69) is 0 Å². The van der Waals surface area contributed by atoms with Crippen molar-refractivity contribution in [3.8, 4) is 0 Å². The molecule has 3 nitrogen and oxygen atoms in total. The molecule has 0 N–H and O–H groups in total. The normalized spacial score (nSPS) is 40.1. The van der Waals surface area contributed by atoms with E-state index in [0.29, 0.717) is 6.61 Å². The van der Waals surface area contributed by atoms with Gasteiger partial charge >= 0.3 is 0 Å². The van der Waals surface area contributed by atoms with Crippen LogP contribution in [0.25, 0.3) is 0 Å². The van der Waals surface area contributed by atoms with Crippen molar-refractivity contribution in [2.24, 2.45) is 0 Å². The van der Waals surface area contributed by atoms with Gasteiger partial charge in [-0.15, -0.1) is 0 Å². The largest absolute Gasteiger partial charge is 0.341 e. The summed E-state index contributed by atoms with van der Waals surface area (Å²) >= 11 is 0. The Morgan fingerprint density at radius 2 is 2.30 bits per heavy atom. The highest BCUT2D eigenvalue weighted by Gasteiger charge is 2.39. The summed E-state index contributed by atoms with van der Waals surface area (Å²) in [5, 5.41) is 0. The molecule has 0 spiro atoms. The first-order chi connectivity index (χ1) is 4.54. The maximum atomic E-state index is 10.9. The molecule has 2 unspecified atom stereocenters. The molecule has 0 amide bonds. The first-order valence-corrected chi connectivity index (χ1v) is 3.37. The van der Waals surface area contributed by atoms with Crippen molar-refractivity contribution in [2.75, 3.05) is 6.61 Å². The predicted molar refractivity (Wildman–Crippen MR) is 35.6 cm³/mol. The third-order valence-corrected chi connectivity index (χ3v) is 1.66. The van der Waals surface area contributed by atoms with Crippen LogP contribution in [0.4, 0.5) is 0 Å². The summed E-state index contributed by atoms with van der Waals surface area (Å²) in [7, 11) is 0. The van der Waals surface area contributed by atoms with Crippen molar-refractivity contribution in [2.45, 2.75) is 32.7 Å². The fourth-order valence-corrected chi connectivity index (χ4v) is 0.913. The minimum absolute atomic E-state index is 0.0360. The molecule has 1 aliphatic rings. The number of ether oxygens (including phenoxy) is 2. The van der Waals surface area contributed by atoms with Gasteiger partial charge in [-0.3, -0.25) is 4.79 Å². The molecular formula is C7H12O3. The highest BCUT2D eigenvalue weighted by molar-refractivity contribution is 5.83. The van der Waals surface area contributed by atoms with E-state index in [9.17, 15) is 4.79 Å². The van der Waals surface area contributed by atoms with Gasteiger partial charge in [0.1, 0.15) is 0 Å². The smallest absolute Gasteiger partial charge is 0.226 e. The van der Waals surface area contributed by atoms with Crippen LogP contribution >= 0.6 is 0 Å². The Hall–Kier alpha value is -0.410. The SMILES string of the molecule is CC(=O)C1(C)OCC(C)O1. The van der Waals surface area contributed by atoms with E-state index >= 15 is 0 Å². The van der Waals surface area contributed by atoms with E-state index in [1.165, 1.54) is 6.92 Å². The predicted octanol–water partition coefficient (Wildman–Crippen LogP) is 0.727. The zero-order valence-electron chi connectivity index (χ0n) is 6.51. The summed E-state index contributed by atoms with van der Waals surface area (Å²) < 4.78 is 10.4. The lowest BCUT2D eigenvalue weighted by Gasteiger charge is -2.18. The van der Waals surface area contributed by atoms with E-state index < -0.39 is 5.79 Å². The Kier molecular flexibility index (Phi) is 1.79. The van der Waals surface area contributed by atoms with Gasteiger partial charge in [0, 0.05) is 6.92 Å². The molecule has 0 aromatic heterocycles. The number of hydrogen-bond acceptors (Lipinski definition) is 3. The van der Waals surface area contributed by atoms with Gasteiger partial charge in [-0.05, 0) is 13.8 Å². The minimum Gasteiger partial charge on any atom is -0.341 e. The third kappa shape index (κ3) is 1.20. The summed E-state index contributed by atoms with van der Waals surface area (Å²) in [4.78, 5) is 10.9. The second-order valence-electron chi connectivity index (χ2n) is 2.74. The van der Waals surface area contributed by atoms with Crippen molar-refractivity contribution >= 4 is 5.78 Å². The van der Waals surface area contributed by atoms with Gasteiger partial charge in [0.25, 0.3) is 0 Å². The molecule has 3 heteroatoms. The lowest BCUT2D eigenvalue weighted by Crippen LogP contribution is -2.34. The van der Waals surface area contributed by atoms with Crippen LogP contribution in [0.15, 0.2) is 0 Å². The first kappa shape index (κ1) is 7.69. The number of hydrogen-bond donors (Lipinski definition) is 0. The molecule has 10 heavy (non-hydrogen) atoms. The zero-order valence-corrected chi connectivity index (χ0v) is 6.51. The lowest BCUT2D eigenvalue weighted by molar-refractivity contribution is -0.175. The minimum atomic E-state index is -0.973. The van der Waals surface area contributed by atoms with Crippen molar-refractivity contribution < 1.29 is 14.3 Å². The summed E-state index contributed by atoms with van der Waals surface area (Å²) in [6, 6.07) is 0. The van der Waals surface area contributed by atoms with Gasteiger partial charge in [0.15, 0.2) is 5.78 Å². The van der Waals surface area contributed by atoms with Gasteiger partial charge < -0.3 is 9.47 Å². The summed E-state index contributed by atoms with van der Waals surface area (Å²) in [5.74, 6) is -1.05. The molecule has 1 fully saturated rings. The van der Waals surface area contributed by atoms with Gasteiger partial charge in [-0.1, -0.05) is 0 Å². The molecule has 2 atom stereocenters. The fourth-order valence-electron chi connectivity index (χ4n) is 0.913.